The van der Waals surface area contributed by atoms with Crippen molar-refractivity contribution >= 4 is 5.91 Å². The van der Waals surface area contributed by atoms with Crippen LogP contribution in [0.15, 0.2) is 42.5 Å². The Hall–Kier alpha value is -2.77. The van der Waals surface area contributed by atoms with E-state index in [1.807, 2.05) is 0 Å². The number of rotatable bonds is 9. The molecule has 1 aliphatic rings. The highest BCUT2D eigenvalue weighted by molar-refractivity contribution is 5.77. The van der Waals surface area contributed by atoms with E-state index in [0.717, 1.165) is 18.4 Å². The Morgan fingerprint density at radius 1 is 1.13 bits per heavy atom. The minimum Gasteiger partial charge on any atom is -0.493 e. The number of alkyl halides is 3. The molecule has 2 aromatic carbocycles. The lowest BCUT2D eigenvalue weighted by atomic mass is 10.1. The van der Waals surface area contributed by atoms with Crippen molar-refractivity contribution in [1.82, 2.24) is 4.90 Å². The van der Waals surface area contributed by atoms with Crippen molar-refractivity contribution in [3.8, 4) is 11.5 Å². The number of hydrogen-bond acceptors (Lipinski definition) is 3. The van der Waals surface area contributed by atoms with Gasteiger partial charge >= 0.3 is 6.18 Å². The van der Waals surface area contributed by atoms with Gasteiger partial charge in [0, 0.05) is 24.6 Å². The third kappa shape index (κ3) is 6.11. The van der Waals surface area contributed by atoms with Crippen molar-refractivity contribution < 1.29 is 31.8 Å². The standard InChI is InChI=1S/C22H23F4NO3/c1-29-20-12-15(6-10-19(20)30-14-22(24,25)26)7-11-21(28)27(17-8-9-17)13-16-4-2-3-5-18(16)23/h2-6,10,12,17H,7-9,11,13-14H2,1H3. The molecule has 1 fully saturated rings. The number of aryl methyl sites for hydroxylation is 1. The molecule has 162 valence electrons. The number of carbonyl (C=O) groups excluding carboxylic acids is 1. The monoisotopic (exact) mass is 425 g/mol. The van der Waals surface area contributed by atoms with E-state index < -0.39 is 12.8 Å². The van der Waals surface area contributed by atoms with Crippen molar-refractivity contribution in [2.45, 2.75) is 44.4 Å². The molecule has 1 aliphatic carbocycles. The Labute approximate surface area is 172 Å². The molecule has 1 saturated carbocycles. The average molecular weight is 425 g/mol. The highest BCUT2D eigenvalue weighted by Crippen LogP contribution is 2.32. The number of halogens is 4. The van der Waals surface area contributed by atoms with Gasteiger partial charge in [-0.25, -0.2) is 4.39 Å². The Morgan fingerprint density at radius 3 is 2.50 bits per heavy atom. The fourth-order valence-electron chi connectivity index (χ4n) is 3.16. The number of amides is 1. The second kappa shape index (κ2) is 9.36. The molecule has 0 saturated heterocycles. The van der Waals surface area contributed by atoms with E-state index >= 15 is 0 Å². The van der Waals surface area contributed by atoms with Gasteiger partial charge in [0.2, 0.25) is 5.91 Å². The molecule has 0 aliphatic heterocycles. The first-order chi connectivity index (χ1) is 14.3. The third-order valence-electron chi connectivity index (χ3n) is 4.85. The highest BCUT2D eigenvalue weighted by atomic mass is 19.4. The summed E-state index contributed by atoms with van der Waals surface area (Å²) in [5.41, 5.74) is 1.21. The highest BCUT2D eigenvalue weighted by Gasteiger charge is 2.33. The lowest BCUT2D eigenvalue weighted by molar-refractivity contribution is -0.153. The van der Waals surface area contributed by atoms with Gasteiger partial charge in [0.15, 0.2) is 18.1 Å². The molecule has 1 amide bonds. The molecule has 0 heterocycles. The number of nitrogens with zero attached hydrogens (tertiary/aromatic N) is 1. The van der Waals surface area contributed by atoms with Gasteiger partial charge in [0.1, 0.15) is 5.82 Å². The van der Waals surface area contributed by atoms with Gasteiger partial charge < -0.3 is 14.4 Å². The van der Waals surface area contributed by atoms with E-state index in [1.54, 1.807) is 35.2 Å². The number of carbonyl (C=O) groups is 1. The summed E-state index contributed by atoms with van der Waals surface area (Å²) < 4.78 is 60.9. The molecule has 3 rings (SSSR count). The summed E-state index contributed by atoms with van der Waals surface area (Å²) in [4.78, 5) is 14.5. The second-order valence-corrected chi connectivity index (χ2v) is 7.23. The van der Waals surface area contributed by atoms with Crippen molar-refractivity contribution in [1.29, 1.82) is 0 Å². The maximum absolute atomic E-state index is 14.0. The van der Waals surface area contributed by atoms with Crippen LogP contribution in [-0.4, -0.2) is 36.7 Å². The van der Waals surface area contributed by atoms with Crippen LogP contribution in [-0.2, 0) is 17.8 Å². The lowest BCUT2D eigenvalue weighted by Crippen LogP contribution is -2.33. The summed E-state index contributed by atoms with van der Waals surface area (Å²) >= 11 is 0. The quantitative estimate of drug-likeness (QED) is 0.537. The van der Waals surface area contributed by atoms with Crippen LogP contribution >= 0.6 is 0 Å². The van der Waals surface area contributed by atoms with Gasteiger partial charge in [-0.3, -0.25) is 4.79 Å². The maximum Gasteiger partial charge on any atom is 0.422 e. The average Bonchev–Trinajstić information content (AvgIpc) is 3.54. The van der Waals surface area contributed by atoms with E-state index in [4.69, 9.17) is 9.47 Å². The zero-order chi connectivity index (χ0) is 21.7. The molecule has 0 unspecified atom stereocenters. The topological polar surface area (TPSA) is 38.8 Å². The minimum atomic E-state index is -4.44. The van der Waals surface area contributed by atoms with Gasteiger partial charge in [-0.1, -0.05) is 24.3 Å². The summed E-state index contributed by atoms with van der Waals surface area (Å²) in [7, 11) is 1.34. The SMILES string of the molecule is COc1cc(CCC(=O)N(Cc2ccccc2F)C2CC2)ccc1OCC(F)(F)F. The molecule has 8 heteroatoms. The van der Waals surface area contributed by atoms with E-state index in [9.17, 15) is 22.4 Å². The van der Waals surface area contributed by atoms with E-state index in [2.05, 4.69) is 0 Å². The predicted molar refractivity (Wildman–Crippen MR) is 103 cm³/mol. The number of hydrogen-bond donors (Lipinski definition) is 0. The van der Waals surface area contributed by atoms with Crippen LogP contribution in [0.4, 0.5) is 17.6 Å². The lowest BCUT2D eigenvalue weighted by Gasteiger charge is -2.23. The molecule has 0 spiro atoms. The second-order valence-electron chi connectivity index (χ2n) is 7.23. The maximum atomic E-state index is 14.0. The number of methoxy groups -OCH3 is 1. The molecule has 0 aromatic heterocycles. The van der Waals surface area contributed by atoms with Crippen LogP contribution in [0, 0.1) is 5.82 Å². The van der Waals surface area contributed by atoms with Gasteiger partial charge in [0.05, 0.1) is 7.11 Å². The molecule has 0 radical (unpaired) electrons. The zero-order valence-corrected chi connectivity index (χ0v) is 16.5. The smallest absolute Gasteiger partial charge is 0.422 e. The van der Waals surface area contributed by atoms with Crippen LogP contribution in [0.1, 0.15) is 30.4 Å². The van der Waals surface area contributed by atoms with E-state index in [1.165, 1.54) is 19.2 Å². The molecule has 4 nitrogen and oxygen atoms in total. The fourth-order valence-corrected chi connectivity index (χ4v) is 3.16. The van der Waals surface area contributed by atoms with Crippen molar-refractivity contribution in [3.05, 3.63) is 59.4 Å². The van der Waals surface area contributed by atoms with Crippen molar-refractivity contribution in [2.75, 3.05) is 13.7 Å². The summed E-state index contributed by atoms with van der Waals surface area (Å²) in [6.07, 6.45) is -2.05. The van der Waals surface area contributed by atoms with Crippen LogP contribution < -0.4 is 9.47 Å². The third-order valence-corrected chi connectivity index (χ3v) is 4.85. The Morgan fingerprint density at radius 2 is 1.87 bits per heavy atom. The van der Waals surface area contributed by atoms with Crippen LogP contribution in [0.2, 0.25) is 0 Å². The summed E-state index contributed by atoms with van der Waals surface area (Å²) in [5, 5.41) is 0. The van der Waals surface area contributed by atoms with Crippen LogP contribution in [0.25, 0.3) is 0 Å². The first-order valence-corrected chi connectivity index (χ1v) is 9.66. The predicted octanol–water partition coefficient (Wildman–Crippen LogP) is 4.90. The van der Waals surface area contributed by atoms with Crippen LogP contribution in [0.3, 0.4) is 0 Å². The Bertz CT molecular complexity index is 881. The first kappa shape index (κ1) is 21.9. The summed E-state index contributed by atoms with van der Waals surface area (Å²) in [6, 6.07) is 11.1. The normalized spacial score (nSPS) is 13.8. The molecular formula is C22H23F4NO3. The largest absolute Gasteiger partial charge is 0.493 e. The molecular weight excluding hydrogens is 402 g/mol. The van der Waals surface area contributed by atoms with Gasteiger partial charge in [-0.05, 0) is 43.0 Å². The number of benzene rings is 2. The molecule has 0 bridgehead atoms. The fraction of sp³-hybridized carbons (Fsp3) is 0.409. The molecule has 2 aromatic rings. The zero-order valence-electron chi connectivity index (χ0n) is 16.5. The molecule has 0 N–H and O–H groups in total. The minimum absolute atomic E-state index is 0.0101. The van der Waals surface area contributed by atoms with Crippen molar-refractivity contribution in [2.24, 2.45) is 0 Å². The van der Waals surface area contributed by atoms with Crippen LogP contribution in [0.5, 0.6) is 11.5 Å². The Kier molecular flexibility index (Phi) is 6.84. The van der Waals surface area contributed by atoms with Gasteiger partial charge in [-0.15, -0.1) is 0 Å². The Balaban J connectivity index is 1.62. The molecule has 30 heavy (non-hydrogen) atoms. The summed E-state index contributed by atoms with van der Waals surface area (Å²) in [5.74, 6) is -0.258. The van der Waals surface area contributed by atoms with E-state index in [-0.39, 0.29) is 42.2 Å². The number of ether oxygens (including phenoxy) is 2. The van der Waals surface area contributed by atoms with E-state index in [0.29, 0.717) is 12.0 Å². The van der Waals surface area contributed by atoms with Crippen molar-refractivity contribution in [3.63, 3.8) is 0 Å². The van der Waals surface area contributed by atoms with Gasteiger partial charge in [-0.2, -0.15) is 13.2 Å². The first-order valence-electron chi connectivity index (χ1n) is 9.66. The molecule has 0 atom stereocenters. The summed E-state index contributed by atoms with van der Waals surface area (Å²) in [6.45, 7) is -1.18. The van der Waals surface area contributed by atoms with Gasteiger partial charge in [0.25, 0.3) is 0 Å².